The minimum atomic E-state index is -0.777. The van der Waals surface area contributed by atoms with Gasteiger partial charge < -0.3 is 15.4 Å². The van der Waals surface area contributed by atoms with E-state index in [9.17, 15) is 9.59 Å². The normalized spacial score (nSPS) is 17.9. The number of nitrogens with zero attached hydrogens (tertiary/aromatic N) is 1. The molecule has 1 aromatic rings. The van der Waals surface area contributed by atoms with Gasteiger partial charge in [0.25, 0.3) is 11.8 Å². The molecule has 0 fully saturated rings. The number of fused-ring (bicyclic) bond motifs is 1. The number of ether oxygens (including phenoxy) is 1. The first-order valence-corrected chi connectivity index (χ1v) is 8.62. The van der Waals surface area contributed by atoms with Crippen molar-refractivity contribution in [1.29, 1.82) is 0 Å². The molecular formula is C19H25N3O3. The molecule has 0 aromatic heterocycles. The Hall–Kier alpha value is -2.63. The minimum Gasteiger partial charge on any atom is -0.489 e. The van der Waals surface area contributed by atoms with Crippen LogP contribution in [0.4, 0.5) is 5.69 Å². The van der Waals surface area contributed by atoms with Crippen LogP contribution in [-0.2, 0) is 9.59 Å². The Morgan fingerprint density at radius 1 is 1.40 bits per heavy atom. The topological polar surface area (TPSA) is 79.8 Å². The first kappa shape index (κ1) is 18.7. The fourth-order valence-electron chi connectivity index (χ4n) is 2.31. The van der Waals surface area contributed by atoms with Gasteiger partial charge in [-0.15, -0.1) is 0 Å². The molecule has 0 bridgehead atoms. The smallest absolute Gasteiger partial charge is 0.270 e. The van der Waals surface area contributed by atoms with Crippen LogP contribution >= 0.6 is 0 Å². The van der Waals surface area contributed by atoms with E-state index in [1.807, 2.05) is 32.9 Å². The van der Waals surface area contributed by atoms with E-state index in [-0.39, 0.29) is 18.4 Å². The van der Waals surface area contributed by atoms with Gasteiger partial charge in [0.05, 0.1) is 5.69 Å². The minimum absolute atomic E-state index is 0.0751. The Morgan fingerprint density at radius 2 is 2.16 bits per heavy atom. The number of amides is 2. The molecule has 0 spiro atoms. The predicted octanol–water partition coefficient (Wildman–Crippen LogP) is 3.06. The van der Waals surface area contributed by atoms with Crippen LogP contribution in [0.5, 0.6) is 5.75 Å². The van der Waals surface area contributed by atoms with Crippen molar-refractivity contribution in [2.24, 2.45) is 4.99 Å². The molecule has 2 rings (SSSR count). The Morgan fingerprint density at radius 3 is 2.88 bits per heavy atom. The van der Waals surface area contributed by atoms with Gasteiger partial charge in [-0.05, 0) is 37.5 Å². The highest BCUT2D eigenvalue weighted by atomic mass is 16.5. The lowest BCUT2D eigenvalue weighted by Crippen LogP contribution is -2.46. The molecule has 1 heterocycles. The fourth-order valence-corrected chi connectivity index (χ4v) is 2.31. The average Bonchev–Trinajstić information content (AvgIpc) is 2.77. The van der Waals surface area contributed by atoms with Crippen molar-refractivity contribution in [2.75, 3.05) is 11.9 Å². The third-order valence-electron chi connectivity index (χ3n) is 3.96. The first-order chi connectivity index (χ1) is 12.1. The summed E-state index contributed by atoms with van der Waals surface area (Å²) in [7, 11) is 0. The number of rotatable bonds is 6. The summed E-state index contributed by atoms with van der Waals surface area (Å²) in [4.78, 5) is 29.3. The van der Waals surface area contributed by atoms with E-state index in [2.05, 4.69) is 15.6 Å². The second-order valence-electron chi connectivity index (χ2n) is 5.91. The summed E-state index contributed by atoms with van der Waals surface area (Å²) in [5.41, 5.74) is 1.85. The number of unbranched alkanes of at least 4 members (excludes halogenated alkanes) is 1. The molecule has 0 saturated carbocycles. The van der Waals surface area contributed by atoms with Crippen LogP contribution in [0, 0.1) is 0 Å². The number of hydrogen-bond acceptors (Lipinski definition) is 4. The van der Waals surface area contributed by atoms with E-state index in [4.69, 9.17) is 4.74 Å². The summed E-state index contributed by atoms with van der Waals surface area (Å²) in [6, 6.07) is 6.41. The van der Waals surface area contributed by atoms with Gasteiger partial charge in [-0.25, -0.2) is 0 Å². The highest BCUT2D eigenvalue weighted by Crippen LogP contribution is 2.26. The molecular weight excluding hydrogens is 318 g/mol. The number of carbonyl (C=O) groups is 2. The van der Waals surface area contributed by atoms with Crippen molar-refractivity contribution in [3.05, 3.63) is 35.5 Å². The van der Waals surface area contributed by atoms with Gasteiger partial charge >= 0.3 is 0 Å². The van der Waals surface area contributed by atoms with Gasteiger partial charge in [0.1, 0.15) is 24.1 Å². The van der Waals surface area contributed by atoms with Crippen LogP contribution in [0.25, 0.3) is 0 Å². The molecule has 0 aliphatic carbocycles. The fraction of sp³-hybridized carbons (Fsp3) is 0.421. The summed E-state index contributed by atoms with van der Waals surface area (Å²) in [5.74, 6) is -0.0696. The standard InChI is InChI=1S/C19H25N3O3/c1-4-6-11-20-17(13(3)5-2)19(24)22-15-12-25-16-10-8-7-9-14(16)21-18(15)23/h7-11,15H,4-6,12H2,1-3H3,(H,21,23)(H,22,24)/b17-13-,20-11+/t15-/m0/s1. The molecule has 6 heteroatoms. The third kappa shape index (κ3) is 4.92. The first-order valence-electron chi connectivity index (χ1n) is 8.62. The number of allylic oxidation sites excluding steroid dienone is 1. The lowest BCUT2D eigenvalue weighted by molar-refractivity contribution is -0.124. The van der Waals surface area contributed by atoms with Crippen LogP contribution in [-0.4, -0.2) is 30.7 Å². The largest absolute Gasteiger partial charge is 0.489 e. The number of para-hydroxylation sites is 2. The highest BCUT2D eigenvalue weighted by molar-refractivity contribution is 6.02. The van der Waals surface area contributed by atoms with Gasteiger partial charge in [0, 0.05) is 6.21 Å². The predicted molar refractivity (Wildman–Crippen MR) is 98.9 cm³/mol. The van der Waals surface area contributed by atoms with E-state index in [0.29, 0.717) is 23.6 Å². The Kier molecular flexibility index (Phi) is 6.74. The lowest BCUT2D eigenvalue weighted by Gasteiger charge is -2.16. The van der Waals surface area contributed by atoms with Crippen molar-refractivity contribution in [3.8, 4) is 5.75 Å². The van der Waals surface area contributed by atoms with E-state index < -0.39 is 6.04 Å². The molecule has 2 N–H and O–H groups in total. The van der Waals surface area contributed by atoms with Gasteiger partial charge in [-0.2, -0.15) is 0 Å². The number of anilines is 1. The van der Waals surface area contributed by atoms with E-state index in [1.54, 1.807) is 18.3 Å². The van der Waals surface area contributed by atoms with E-state index in [0.717, 1.165) is 18.4 Å². The van der Waals surface area contributed by atoms with Crippen molar-refractivity contribution >= 4 is 23.7 Å². The quantitative estimate of drug-likeness (QED) is 0.615. The van der Waals surface area contributed by atoms with Gasteiger partial charge in [0.15, 0.2) is 0 Å². The molecule has 1 aromatic carbocycles. The Bertz CT molecular complexity index is 695. The van der Waals surface area contributed by atoms with Crippen LogP contribution < -0.4 is 15.4 Å². The maximum Gasteiger partial charge on any atom is 0.270 e. The molecule has 0 saturated heterocycles. The molecule has 1 atom stereocenters. The zero-order valence-electron chi connectivity index (χ0n) is 15.0. The number of aliphatic imine (C=N–C) groups is 1. The number of nitrogens with one attached hydrogen (secondary N) is 2. The summed E-state index contributed by atoms with van der Waals surface area (Å²) < 4.78 is 5.64. The van der Waals surface area contributed by atoms with Gasteiger partial charge in [-0.3, -0.25) is 14.6 Å². The number of benzene rings is 1. The second kappa shape index (κ2) is 9.01. The molecule has 0 radical (unpaired) electrons. The summed E-state index contributed by atoms with van der Waals surface area (Å²) >= 11 is 0. The monoisotopic (exact) mass is 343 g/mol. The summed E-state index contributed by atoms with van der Waals surface area (Å²) in [6.07, 6.45) is 4.22. The number of hydrogen-bond donors (Lipinski definition) is 2. The van der Waals surface area contributed by atoms with E-state index in [1.165, 1.54) is 0 Å². The molecule has 1 aliphatic heterocycles. The molecule has 134 valence electrons. The summed E-state index contributed by atoms with van der Waals surface area (Å²) in [5, 5.41) is 5.52. The van der Waals surface area contributed by atoms with Crippen LogP contribution in [0.3, 0.4) is 0 Å². The Balaban J connectivity index is 2.12. The van der Waals surface area contributed by atoms with Crippen LogP contribution in [0.15, 0.2) is 40.5 Å². The third-order valence-corrected chi connectivity index (χ3v) is 3.96. The van der Waals surface area contributed by atoms with Crippen molar-refractivity contribution in [2.45, 2.75) is 46.1 Å². The van der Waals surface area contributed by atoms with Crippen molar-refractivity contribution in [1.82, 2.24) is 5.32 Å². The zero-order chi connectivity index (χ0) is 18.2. The molecule has 6 nitrogen and oxygen atoms in total. The zero-order valence-corrected chi connectivity index (χ0v) is 15.0. The highest BCUT2D eigenvalue weighted by Gasteiger charge is 2.27. The van der Waals surface area contributed by atoms with Crippen molar-refractivity contribution < 1.29 is 14.3 Å². The average molecular weight is 343 g/mol. The molecule has 1 aliphatic rings. The maximum absolute atomic E-state index is 12.6. The van der Waals surface area contributed by atoms with E-state index >= 15 is 0 Å². The second-order valence-corrected chi connectivity index (χ2v) is 5.91. The van der Waals surface area contributed by atoms with Gasteiger partial charge in [-0.1, -0.05) is 32.4 Å². The molecule has 0 unspecified atom stereocenters. The number of carbonyl (C=O) groups excluding carboxylic acids is 2. The maximum atomic E-state index is 12.6. The summed E-state index contributed by atoms with van der Waals surface area (Å²) in [6.45, 7) is 5.96. The van der Waals surface area contributed by atoms with Crippen molar-refractivity contribution in [3.63, 3.8) is 0 Å². The molecule has 25 heavy (non-hydrogen) atoms. The van der Waals surface area contributed by atoms with Crippen LogP contribution in [0.1, 0.15) is 40.0 Å². The molecule has 2 amide bonds. The lowest BCUT2D eigenvalue weighted by atomic mass is 10.1. The SMILES string of the molecule is CCC/C=N/C(C(=O)N[C@H]1COc2ccccc2NC1=O)=C(/C)CC. The van der Waals surface area contributed by atoms with Crippen LogP contribution in [0.2, 0.25) is 0 Å². The van der Waals surface area contributed by atoms with Gasteiger partial charge in [0.2, 0.25) is 0 Å². The Labute approximate surface area is 148 Å².